The summed E-state index contributed by atoms with van der Waals surface area (Å²) in [4.78, 5) is 24.4. The summed E-state index contributed by atoms with van der Waals surface area (Å²) in [7, 11) is 0. The van der Waals surface area contributed by atoms with Crippen molar-refractivity contribution in [1.82, 2.24) is 0 Å². The fourth-order valence-electron chi connectivity index (χ4n) is 2.79. The lowest BCUT2D eigenvalue weighted by Crippen LogP contribution is -2.17. The number of ether oxygens (including phenoxy) is 3. The molecule has 31 heavy (non-hydrogen) atoms. The summed E-state index contributed by atoms with van der Waals surface area (Å²) >= 11 is 0. The predicted molar refractivity (Wildman–Crippen MR) is 108 cm³/mol. The van der Waals surface area contributed by atoms with E-state index in [2.05, 4.69) is 11.7 Å². The van der Waals surface area contributed by atoms with Gasteiger partial charge >= 0.3 is 18.3 Å². The van der Waals surface area contributed by atoms with Crippen molar-refractivity contribution in [2.45, 2.75) is 58.4 Å². The van der Waals surface area contributed by atoms with Crippen LogP contribution in [-0.4, -0.2) is 24.4 Å². The van der Waals surface area contributed by atoms with Gasteiger partial charge in [-0.05, 0) is 68.3 Å². The van der Waals surface area contributed by atoms with Crippen LogP contribution in [0, 0.1) is 0 Å². The Kier molecular flexibility index (Phi) is 8.90. The van der Waals surface area contributed by atoms with Crippen LogP contribution < -0.4 is 9.47 Å². The Bertz CT molecular complexity index is 845. The summed E-state index contributed by atoms with van der Waals surface area (Å²) in [5.41, 5.74) is 0.378. The molecule has 0 aliphatic rings. The second kappa shape index (κ2) is 11.4. The van der Waals surface area contributed by atoms with E-state index in [0.29, 0.717) is 5.56 Å². The van der Waals surface area contributed by atoms with Crippen LogP contribution in [0.25, 0.3) is 0 Å². The van der Waals surface area contributed by atoms with Gasteiger partial charge in [-0.25, -0.2) is 9.59 Å². The van der Waals surface area contributed by atoms with Crippen LogP contribution in [0.15, 0.2) is 48.5 Å². The molecule has 0 N–H and O–H groups in total. The lowest BCUT2D eigenvalue weighted by atomic mass is 10.1. The molecule has 168 valence electrons. The van der Waals surface area contributed by atoms with Crippen LogP contribution in [0.5, 0.6) is 11.5 Å². The number of esters is 2. The Balaban J connectivity index is 1.87. The molecule has 2 aromatic carbocycles. The van der Waals surface area contributed by atoms with Crippen LogP contribution in [0.4, 0.5) is 13.2 Å². The van der Waals surface area contributed by atoms with E-state index >= 15 is 0 Å². The quantitative estimate of drug-likeness (QED) is 0.247. The SMILES string of the molecule is CCCCCCC(C)OC(=O)c1ccc(OC(=O)c2ccc(OC(F)(F)F)cc2)cc1. The second-order valence-electron chi connectivity index (χ2n) is 7.05. The molecule has 0 bridgehead atoms. The summed E-state index contributed by atoms with van der Waals surface area (Å²) in [6, 6.07) is 10.2. The molecule has 0 aromatic heterocycles. The minimum absolute atomic E-state index is 0.0508. The van der Waals surface area contributed by atoms with E-state index in [0.717, 1.165) is 56.4 Å². The average Bonchev–Trinajstić information content (AvgIpc) is 2.71. The number of unbranched alkanes of at least 4 members (excludes halogenated alkanes) is 3. The highest BCUT2D eigenvalue weighted by atomic mass is 19.4. The summed E-state index contributed by atoms with van der Waals surface area (Å²) in [6.45, 7) is 3.98. The Morgan fingerprint density at radius 3 is 1.94 bits per heavy atom. The first-order valence-corrected chi connectivity index (χ1v) is 10.1. The van der Waals surface area contributed by atoms with Crippen molar-refractivity contribution in [1.29, 1.82) is 0 Å². The number of hydrogen-bond donors (Lipinski definition) is 0. The summed E-state index contributed by atoms with van der Waals surface area (Å²) in [6.07, 6.45) is 0.212. The molecule has 2 rings (SSSR count). The third-order valence-electron chi connectivity index (χ3n) is 4.40. The molecular formula is C23H25F3O5. The first-order valence-electron chi connectivity index (χ1n) is 10.1. The van der Waals surface area contributed by atoms with Gasteiger partial charge in [-0.1, -0.05) is 26.2 Å². The molecule has 5 nitrogen and oxygen atoms in total. The fourth-order valence-corrected chi connectivity index (χ4v) is 2.79. The zero-order valence-electron chi connectivity index (χ0n) is 17.4. The molecule has 0 aliphatic carbocycles. The van der Waals surface area contributed by atoms with Gasteiger partial charge in [0.2, 0.25) is 0 Å². The molecule has 2 aromatic rings. The van der Waals surface area contributed by atoms with E-state index in [1.54, 1.807) is 0 Å². The van der Waals surface area contributed by atoms with Crippen LogP contribution in [-0.2, 0) is 4.74 Å². The van der Waals surface area contributed by atoms with Crippen LogP contribution >= 0.6 is 0 Å². The number of carbonyl (C=O) groups is 2. The second-order valence-corrected chi connectivity index (χ2v) is 7.05. The summed E-state index contributed by atoms with van der Waals surface area (Å²) < 4.78 is 50.9. The lowest BCUT2D eigenvalue weighted by molar-refractivity contribution is -0.274. The van der Waals surface area contributed by atoms with Crippen molar-refractivity contribution in [3.8, 4) is 11.5 Å². The zero-order valence-corrected chi connectivity index (χ0v) is 17.4. The summed E-state index contributed by atoms with van der Waals surface area (Å²) in [5, 5.41) is 0. The number of rotatable bonds is 10. The van der Waals surface area contributed by atoms with Crippen LogP contribution in [0.2, 0.25) is 0 Å². The van der Waals surface area contributed by atoms with Crippen molar-refractivity contribution in [3.63, 3.8) is 0 Å². The van der Waals surface area contributed by atoms with Crippen molar-refractivity contribution in [3.05, 3.63) is 59.7 Å². The average molecular weight is 438 g/mol. The zero-order chi connectivity index (χ0) is 22.9. The maximum Gasteiger partial charge on any atom is 0.573 e. The molecular weight excluding hydrogens is 413 g/mol. The Labute approximate surface area is 179 Å². The van der Waals surface area contributed by atoms with E-state index in [1.165, 1.54) is 24.3 Å². The molecule has 0 spiro atoms. The monoisotopic (exact) mass is 438 g/mol. The van der Waals surface area contributed by atoms with E-state index < -0.39 is 24.1 Å². The highest BCUT2D eigenvalue weighted by molar-refractivity contribution is 5.92. The van der Waals surface area contributed by atoms with Gasteiger partial charge in [-0.15, -0.1) is 13.2 Å². The minimum Gasteiger partial charge on any atom is -0.459 e. The molecule has 8 heteroatoms. The molecule has 0 heterocycles. The molecule has 1 atom stereocenters. The van der Waals surface area contributed by atoms with E-state index in [1.807, 2.05) is 6.92 Å². The van der Waals surface area contributed by atoms with E-state index in [9.17, 15) is 22.8 Å². The topological polar surface area (TPSA) is 61.8 Å². The molecule has 1 unspecified atom stereocenters. The van der Waals surface area contributed by atoms with Gasteiger partial charge in [-0.2, -0.15) is 0 Å². The van der Waals surface area contributed by atoms with E-state index in [4.69, 9.17) is 9.47 Å². The highest BCUT2D eigenvalue weighted by Crippen LogP contribution is 2.23. The van der Waals surface area contributed by atoms with Gasteiger partial charge in [-0.3, -0.25) is 0 Å². The van der Waals surface area contributed by atoms with Gasteiger partial charge < -0.3 is 14.2 Å². The Hall–Kier alpha value is -3.03. The number of benzene rings is 2. The standard InChI is InChI=1S/C23H25F3O5/c1-3-4-5-6-7-16(2)29-21(27)17-8-12-19(13-9-17)30-22(28)18-10-14-20(15-11-18)31-23(24,25)26/h8-16H,3-7H2,1-2H3. The van der Waals surface area contributed by atoms with Gasteiger partial charge in [0.15, 0.2) is 0 Å². The first-order chi connectivity index (χ1) is 14.7. The molecule has 0 saturated carbocycles. The molecule has 0 radical (unpaired) electrons. The minimum atomic E-state index is -4.81. The summed E-state index contributed by atoms with van der Waals surface area (Å²) in [5.74, 6) is -1.47. The molecule has 0 amide bonds. The first kappa shape index (κ1) is 24.2. The maximum absolute atomic E-state index is 12.2. The normalized spacial score (nSPS) is 12.2. The third-order valence-corrected chi connectivity index (χ3v) is 4.40. The largest absolute Gasteiger partial charge is 0.573 e. The smallest absolute Gasteiger partial charge is 0.459 e. The molecule has 0 fully saturated rings. The molecule has 0 aliphatic heterocycles. The van der Waals surface area contributed by atoms with Crippen molar-refractivity contribution in [2.24, 2.45) is 0 Å². The van der Waals surface area contributed by atoms with Crippen molar-refractivity contribution < 1.29 is 37.0 Å². The number of halogens is 3. The van der Waals surface area contributed by atoms with Gasteiger partial charge in [0.25, 0.3) is 0 Å². The van der Waals surface area contributed by atoms with Crippen LogP contribution in [0.3, 0.4) is 0 Å². The van der Waals surface area contributed by atoms with Crippen molar-refractivity contribution >= 4 is 11.9 Å². The maximum atomic E-state index is 12.2. The van der Waals surface area contributed by atoms with Gasteiger partial charge in [0, 0.05) is 0 Å². The van der Waals surface area contributed by atoms with Gasteiger partial charge in [0.1, 0.15) is 11.5 Å². The predicted octanol–water partition coefficient (Wildman–Crippen LogP) is 6.32. The van der Waals surface area contributed by atoms with Crippen molar-refractivity contribution in [2.75, 3.05) is 0 Å². The third kappa shape index (κ3) is 8.70. The fraction of sp³-hybridized carbons (Fsp3) is 0.391. The van der Waals surface area contributed by atoms with Gasteiger partial charge in [0.05, 0.1) is 17.2 Å². The number of alkyl halides is 3. The number of carbonyl (C=O) groups excluding carboxylic acids is 2. The number of hydrogen-bond acceptors (Lipinski definition) is 5. The highest BCUT2D eigenvalue weighted by Gasteiger charge is 2.31. The Morgan fingerprint density at radius 1 is 0.839 bits per heavy atom. The van der Waals surface area contributed by atoms with Crippen LogP contribution in [0.1, 0.15) is 66.7 Å². The molecule has 0 saturated heterocycles. The van der Waals surface area contributed by atoms with E-state index in [-0.39, 0.29) is 17.4 Å². The lowest BCUT2D eigenvalue weighted by Gasteiger charge is -2.13. The Morgan fingerprint density at radius 2 is 1.39 bits per heavy atom.